The monoisotopic (exact) mass is 210 g/mol. The molecule has 0 spiro atoms. The Morgan fingerprint density at radius 3 is 2.53 bits per heavy atom. The van der Waals surface area contributed by atoms with Gasteiger partial charge >= 0.3 is 0 Å². The molecule has 0 aromatic heterocycles. The summed E-state index contributed by atoms with van der Waals surface area (Å²) in [6.45, 7) is 9.11. The molecule has 0 radical (unpaired) electrons. The van der Waals surface area contributed by atoms with Crippen LogP contribution in [0.15, 0.2) is 0 Å². The first kappa shape index (κ1) is 11.4. The van der Waals surface area contributed by atoms with E-state index >= 15 is 0 Å². The van der Waals surface area contributed by atoms with E-state index in [0.29, 0.717) is 0 Å². The Morgan fingerprint density at radius 2 is 2.13 bits per heavy atom. The van der Waals surface area contributed by atoms with Gasteiger partial charge < -0.3 is 5.73 Å². The minimum absolute atomic E-state index is 0.258. The van der Waals surface area contributed by atoms with E-state index in [9.17, 15) is 0 Å². The largest absolute Gasteiger partial charge is 0.329 e. The van der Waals surface area contributed by atoms with Gasteiger partial charge in [0.15, 0.2) is 0 Å². The van der Waals surface area contributed by atoms with E-state index in [-0.39, 0.29) is 5.54 Å². The van der Waals surface area contributed by atoms with E-state index in [2.05, 4.69) is 25.7 Å². The predicted molar refractivity (Wildman–Crippen MR) is 64.7 cm³/mol. The lowest BCUT2D eigenvalue weighted by Crippen LogP contribution is -2.55. The number of nitrogens with zero attached hydrogens (tertiary/aromatic N) is 1. The molecule has 1 saturated heterocycles. The van der Waals surface area contributed by atoms with Gasteiger partial charge in [0.2, 0.25) is 0 Å². The third kappa shape index (κ3) is 2.07. The lowest BCUT2D eigenvalue weighted by molar-refractivity contribution is 0.0575. The summed E-state index contributed by atoms with van der Waals surface area (Å²) >= 11 is 0. The standard InChI is InChI=1S/C13H26N2/c1-10(2)7-13(3,9-14)15-8-11-4-5-12(15)6-11/h10-12H,4-9,14H2,1-3H3. The molecule has 88 valence electrons. The summed E-state index contributed by atoms with van der Waals surface area (Å²) < 4.78 is 0. The molecular weight excluding hydrogens is 184 g/mol. The highest BCUT2D eigenvalue weighted by Crippen LogP contribution is 2.42. The maximum atomic E-state index is 6.03. The molecule has 3 atom stereocenters. The van der Waals surface area contributed by atoms with Crippen molar-refractivity contribution < 1.29 is 0 Å². The lowest BCUT2D eigenvalue weighted by atomic mass is 9.87. The topological polar surface area (TPSA) is 29.3 Å². The van der Waals surface area contributed by atoms with Gasteiger partial charge in [-0.1, -0.05) is 13.8 Å². The van der Waals surface area contributed by atoms with Gasteiger partial charge in [0.25, 0.3) is 0 Å². The van der Waals surface area contributed by atoms with Gasteiger partial charge in [-0.3, -0.25) is 4.90 Å². The van der Waals surface area contributed by atoms with Crippen LogP contribution in [0, 0.1) is 11.8 Å². The van der Waals surface area contributed by atoms with Crippen LogP contribution in [0.5, 0.6) is 0 Å². The Bertz CT molecular complexity index is 227. The summed E-state index contributed by atoms with van der Waals surface area (Å²) in [5.41, 5.74) is 6.28. The smallest absolute Gasteiger partial charge is 0.0309 e. The summed E-state index contributed by atoms with van der Waals surface area (Å²) in [5.74, 6) is 1.73. The normalized spacial score (nSPS) is 35.0. The van der Waals surface area contributed by atoms with Crippen LogP contribution in [-0.4, -0.2) is 29.6 Å². The van der Waals surface area contributed by atoms with Crippen LogP contribution in [0.1, 0.15) is 46.5 Å². The zero-order valence-corrected chi connectivity index (χ0v) is 10.5. The SMILES string of the molecule is CC(C)CC(C)(CN)N1CC2CCC1C2. The van der Waals surface area contributed by atoms with Crippen molar-refractivity contribution in [1.29, 1.82) is 0 Å². The molecule has 2 bridgehead atoms. The third-order valence-electron chi connectivity index (χ3n) is 4.39. The number of likely N-dealkylation sites (tertiary alicyclic amines) is 1. The molecule has 1 aliphatic heterocycles. The van der Waals surface area contributed by atoms with Crippen molar-refractivity contribution in [3.63, 3.8) is 0 Å². The molecule has 2 nitrogen and oxygen atoms in total. The first-order valence-corrected chi connectivity index (χ1v) is 6.52. The van der Waals surface area contributed by atoms with Crippen molar-refractivity contribution in [2.75, 3.05) is 13.1 Å². The van der Waals surface area contributed by atoms with Crippen LogP contribution in [0.4, 0.5) is 0 Å². The molecule has 2 fully saturated rings. The van der Waals surface area contributed by atoms with E-state index in [1.807, 2.05) is 0 Å². The van der Waals surface area contributed by atoms with Gasteiger partial charge in [-0.2, -0.15) is 0 Å². The average molecular weight is 210 g/mol. The minimum Gasteiger partial charge on any atom is -0.329 e. The van der Waals surface area contributed by atoms with Crippen LogP contribution in [-0.2, 0) is 0 Å². The molecule has 2 rings (SSSR count). The second-order valence-corrected chi connectivity index (χ2v) is 6.28. The molecule has 3 unspecified atom stereocenters. The van der Waals surface area contributed by atoms with Gasteiger partial charge in [0, 0.05) is 24.7 Å². The van der Waals surface area contributed by atoms with Gasteiger partial charge in [-0.15, -0.1) is 0 Å². The third-order valence-corrected chi connectivity index (χ3v) is 4.39. The maximum Gasteiger partial charge on any atom is 0.0309 e. The first-order chi connectivity index (χ1) is 7.05. The van der Waals surface area contributed by atoms with Crippen LogP contribution in [0.2, 0.25) is 0 Å². The van der Waals surface area contributed by atoms with Crippen molar-refractivity contribution in [2.24, 2.45) is 17.6 Å². The molecule has 1 heterocycles. The quantitative estimate of drug-likeness (QED) is 0.771. The summed E-state index contributed by atoms with van der Waals surface area (Å²) in [5, 5.41) is 0. The highest BCUT2D eigenvalue weighted by molar-refractivity contribution is 5.01. The molecule has 1 saturated carbocycles. The first-order valence-electron chi connectivity index (χ1n) is 6.52. The van der Waals surface area contributed by atoms with Crippen molar-refractivity contribution in [1.82, 2.24) is 4.90 Å². The Balaban J connectivity index is 2.06. The second kappa shape index (κ2) is 4.06. The van der Waals surface area contributed by atoms with Crippen LogP contribution < -0.4 is 5.73 Å². The fourth-order valence-electron chi connectivity index (χ4n) is 3.78. The Morgan fingerprint density at radius 1 is 1.40 bits per heavy atom. The van der Waals surface area contributed by atoms with E-state index in [1.165, 1.54) is 32.2 Å². The molecule has 1 aliphatic carbocycles. The van der Waals surface area contributed by atoms with Gasteiger partial charge in [-0.25, -0.2) is 0 Å². The minimum atomic E-state index is 0.258. The lowest BCUT2D eigenvalue weighted by Gasteiger charge is -2.44. The van der Waals surface area contributed by atoms with Crippen molar-refractivity contribution in [3.05, 3.63) is 0 Å². The number of rotatable bonds is 4. The molecule has 2 aliphatic rings. The summed E-state index contributed by atoms with van der Waals surface area (Å²) in [6, 6.07) is 0.849. The molecule has 0 aromatic rings. The molecule has 0 amide bonds. The Kier molecular flexibility index (Phi) is 3.09. The van der Waals surface area contributed by atoms with Gasteiger partial charge in [-0.05, 0) is 44.4 Å². The number of hydrogen-bond donors (Lipinski definition) is 1. The van der Waals surface area contributed by atoms with Crippen molar-refractivity contribution >= 4 is 0 Å². The maximum absolute atomic E-state index is 6.03. The molecule has 2 N–H and O–H groups in total. The number of hydrogen-bond acceptors (Lipinski definition) is 2. The van der Waals surface area contributed by atoms with Crippen LogP contribution in [0.3, 0.4) is 0 Å². The predicted octanol–water partition coefficient (Wildman–Crippen LogP) is 2.23. The summed E-state index contributed by atoms with van der Waals surface area (Å²) in [4.78, 5) is 2.72. The van der Waals surface area contributed by atoms with Crippen molar-refractivity contribution in [3.8, 4) is 0 Å². The van der Waals surface area contributed by atoms with Crippen molar-refractivity contribution in [2.45, 2.75) is 58.0 Å². The number of fused-ring (bicyclic) bond motifs is 2. The highest BCUT2D eigenvalue weighted by Gasteiger charge is 2.45. The molecule has 0 aromatic carbocycles. The van der Waals surface area contributed by atoms with E-state index in [0.717, 1.165) is 24.4 Å². The Hall–Kier alpha value is -0.0800. The van der Waals surface area contributed by atoms with E-state index in [1.54, 1.807) is 0 Å². The molecule has 2 heteroatoms. The molecule has 15 heavy (non-hydrogen) atoms. The van der Waals surface area contributed by atoms with E-state index < -0.39 is 0 Å². The highest BCUT2D eigenvalue weighted by atomic mass is 15.3. The second-order valence-electron chi connectivity index (χ2n) is 6.28. The Labute approximate surface area is 94.2 Å². The zero-order chi connectivity index (χ0) is 11.1. The van der Waals surface area contributed by atoms with Gasteiger partial charge in [0.05, 0.1) is 0 Å². The fourth-order valence-corrected chi connectivity index (χ4v) is 3.78. The van der Waals surface area contributed by atoms with Gasteiger partial charge in [0.1, 0.15) is 0 Å². The zero-order valence-electron chi connectivity index (χ0n) is 10.5. The number of nitrogens with two attached hydrogens (primary N) is 1. The van der Waals surface area contributed by atoms with Crippen LogP contribution >= 0.6 is 0 Å². The number of piperidine rings is 1. The van der Waals surface area contributed by atoms with Crippen LogP contribution in [0.25, 0.3) is 0 Å². The van der Waals surface area contributed by atoms with E-state index in [4.69, 9.17) is 5.73 Å². The summed E-state index contributed by atoms with van der Waals surface area (Å²) in [7, 11) is 0. The fraction of sp³-hybridized carbons (Fsp3) is 1.00. The molecular formula is C13H26N2. The summed E-state index contributed by atoms with van der Waals surface area (Å²) in [6.07, 6.45) is 5.56. The average Bonchev–Trinajstić information content (AvgIpc) is 2.77.